The van der Waals surface area contributed by atoms with Gasteiger partial charge < -0.3 is 19.7 Å². The van der Waals surface area contributed by atoms with Crippen molar-refractivity contribution in [2.45, 2.75) is 25.6 Å². The molecule has 24 heavy (non-hydrogen) atoms. The van der Waals surface area contributed by atoms with Crippen molar-refractivity contribution in [1.82, 2.24) is 4.90 Å². The first-order valence-electron chi connectivity index (χ1n) is 7.84. The quantitative estimate of drug-likeness (QED) is 0.838. The summed E-state index contributed by atoms with van der Waals surface area (Å²) in [5, 5.41) is 2.66. The van der Waals surface area contributed by atoms with E-state index in [1.807, 2.05) is 13.8 Å². The fourth-order valence-electron chi connectivity index (χ4n) is 2.83. The molecule has 1 aromatic carbocycles. The molecule has 6 nitrogen and oxygen atoms in total. The average molecular weight is 332 g/mol. The third kappa shape index (κ3) is 4.66. The second-order valence-corrected chi connectivity index (χ2v) is 6.41. The van der Waals surface area contributed by atoms with Gasteiger partial charge in [-0.2, -0.15) is 0 Å². The highest BCUT2D eigenvalue weighted by atomic mass is 16.5. The van der Waals surface area contributed by atoms with E-state index in [-0.39, 0.29) is 17.9 Å². The number of ether oxygens (including phenoxy) is 2. The lowest BCUT2D eigenvalue weighted by atomic mass is 10.0. The van der Waals surface area contributed by atoms with Crippen molar-refractivity contribution in [1.29, 1.82) is 0 Å². The Morgan fingerprint density at radius 2 is 2.25 bits per heavy atom. The molecule has 1 aromatic rings. The summed E-state index contributed by atoms with van der Waals surface area (Å²) in [6, 6.07) is 6.87. The van der Waals surface area contributed by atoms with Crippen LogP contribution in [0.2, 0.25) is 0 Å². The molecule has 1 atom stereocenters. The Kier molecular flexibility index (Phi) is 5.75. The van der Waals surface area contributed by atoms with Gasteiger partial charge in [0, 0.05) is 31.5 Å². The van der Waals surface area contributed by atoms with E-state index in [1.165, 1.54) is 6.08 Å². The van der Waals surface area contributed by atoms with Crippen molar-refractivity contribution < 1.29 is 19.1 Å². The van der Waals surface area contributed by atoms with Gasteiger partial charge in [0.25, 0.3) is 5.91 Å². The van der Waals surface area contributed by atoms with Crippen LogP contribution in [0, 0.1) is 0 Å². The van der Waals surface area contributed by atoms with Crippen LogP contribution >= 0.6 is 0 Å². The molecule has 1 aliphatic heterocycles. The molecule has 0 unspecified atom stereocenters. The van der Waals surface area contributed by atoms with Crippen LogP contribution in [0.25, 0.3) is 0 Å². The van der Waals surface area contributed by atoms with Gasteiger partial charge in [0.1, 0.15) is 0 Å². The zero-order valence-electron chi connectivity index (χ0n) is 14.4. The number of morpholine rings is 1. The van der Waals surface area contributed by atoms with Gasteiger partial charge in [0.2, 0.25) is 5.91 Å². The van der Waals surface area contributed by atoms with Crippen LogP contribution in [0.5, 0.6) is 0 Å². The van der Waals surface area contributed by atoms with Crippen molar-refractivity contribution in [3.63, 3.8) is 0 Å². The lowest BCUT2D eigenvalue weighted by molar-refractivity contribution is -0.143. The Hall–Kier alpha value is -2.18. The molecular weight excluding hydrogens is 308 g/mol. The maximum absolute atomic E-state index is 12.8. The summed E-state index contributed by atoms with van der Waals surface area (Å²) in [7, 11) is 1.61. The van der Waals surface area contributed by atoms with Crippen LogP contribution in [-0.4, -0.2) is 55.2 Å². The predicted molar refractivity (Wildman–Crippen MR) is 92.0 cm³/mol. The maximum Gasteiger partial charge on any atom is 0.254 e. The zero-order valence-corrected chi connectivity index (χ0v) is 14.4. The molecule has 0 aromatic heterocycles. The standard InChI is InChI=1S/C18H24N2O4/c1-5-16(21)19-14-8-6-7-13(9-14)17(22)20-10-15(11-23-4)24-18(2,3)12-20/h5-9,15H,1,10-12H2,2-4H3,(H,19,21)/t15-/m0/s1. The number of hydrogen-bond donors (Lipinski definition) is 1. The number of carbonyl (C=O) groups excluding carboxylic acids is 2. The fraction of sp³-hybridized carbons (Fsp3) is 0.444. The molecule has 0 saturated carbocycles. The second-order valence-electron chi connectivity index (χ2n) is 6.41. The highest BCUT2D eigenvalue weighted by Gasteiger charge is 2.35. The predicted octanol–water partition coefficient (Wildman–Crippen LogP) is 2.08. The molecule has 2 amide bonds. The number of methoxy groups -OCH3 is 1. The SMILES string of the molecule is C=CC(=O)Nc1cccc(C(=O)N2C[C@@H](COC)OC(C)(C)C2)c1. The van der Waals surface area contributed by atoms with Crippen LogP contribution in [-0.2, 0) is 14.3 Å². The molecule has 2 rings (SSSR count). The minimum atomic E-state index is -0.439. The molecule has 1 saturated heterocycles. The normalized spacial score (nSPS) is 19.6. The van der Waals surface area contributed by atoms with Gasteiger partial charge in [-0.05, 0) is 38.1 Å². The number of nitrogens with one attached hydrogen (secondary N) is 1. The lowest BCUT2D eigenvalue weighted by Gasteiger charge is -2.42. The third-order valence-corrected chi connectivity index (χ3v) is 3.68. The summed E-state index contributed by atoms with van der Waals surface area (Å²) in [4.78, 5) is 26.0. The summed E-state index contributed by atoms with van der Waals surface area (Å²) in [6.45, 7) is 8.73. The van der Waals surface area contributed by atoms with E-state index in [4.69, 9.17) is 9.47 Å². The first kappa shape index (κ1) is 18.2. The van der Waals surface area contributed by atoms with Crippen LogP contribution in [0.15, 0.2) is 36.9 Å². The Labute approximate surface area is 142 Å². The summed E-state index contributed by atoms with van der Waals surface area (Å²) in [6.07, 6.45) is 1.03. The van der Waals surface area contributed by atoms with E-state index in [0.29, 0.717) is 30.9 Å². The minimum Gasteiger partial charge on any atom is -0.382 e. The Bertz CT molecular complexity index is 627. The molecule has 0 radical (unpaired) electrons. The topological polar surface area (TPSA) is 67.9 Å². The van der Waals surface area contributed by atoms with Gasteiger partial charge in [-0.15, -0.1) is 0 Å². The number of nitrogens with zero attached hydrogens (tertiary/aromatic N) is 1. The average Bonchev–Trinajstić information content (AvgIpc) is 2.53. The largest absolute Gasteiger partial charge is 0.382 e. The first-order valence-corrected chi connectivity index (χ1v) is 7.84. The van der Waals surface area contributed by atoms with Crippen molar-refractivity contribution >= 4 is 17.5 Å². The molecule has 1 N–H and O–H groups in total. The number of hydrogen-bond acceptors (Lipinski definition) is 4. The number of rotatable bonds is 5. The molecule has 0 spiro atoms. The lowest BCUT2D eigenvalue weighted by Crippen LogP contribution is -2.55. The highest BCUT2D eigenvalue weighted by molar-refractivity contribution is 6.00. The Balaban J connectivity index is 2.16. The Morgan fingerprint density at radius 1 is 1.50 bits per heavy atom. The van der Waals surface area contributed by atoms with Gasteiger partial charge in [0.05, 0.1) is 18.3 Å². The van der Waals surface area contributed by atoms with Gasteiger partial charge >= 0.3 is 0 Å². The summed E-state index contributed by atoms with van der Waals surface area (Å²) >= 11 is 0. The van der Waals surface area contributed by atoms with E-state index in [1.54, 1.807) is 36.3 Å². The molecule has 0 bridgehead atoms. The number of benzene rings is 1. The molecule has 0 aliphatic carbocycles. The van der Waals surface area contributed by atoms with E-state index in [9.17, 15) is 9.59 Å². The van der Waals surface area contributed by atoms with Crippen LogP contribution in [0.4, 0.5) is 5.69 Å². The molecule has 1 heterocycles. The third-order valence-electron chi connectivity index (χ3n) is 3.68. The van der Waals surface area contributed by atoms with Crippen molar-refractivity contribution in [2.75, 3.05) is 32.1 Å². The minimum absolute atomic E-state index is 0.0952. The number of anilines is 1. The zero-order chi connectivity index (χ0) is 17.7. The van der Waals surface area contributed by atoms with Crippen LogP contribution in [0.1, 0.15) is 24.2 Å². The van der Waals surface area contributed by atoms with Gasteiger partial charge in [-0.25, -0.2) is 0 Å². The van der Waals surface area contributed by atoms with Crippen molar-refractivity contribution in [3.05, 3.63) is 42.5 Å². The number of amides is 2. The monoisotopic (exact) mass is 332 g/mol. The first-order chi connectivity index (χ1) is 11.3. The van der Waals surface area contributed by atoms with Gasteiger partial charge in [0.15, 0.2) is 0 Å². The second kappa shape index (κ2) is 7.59. The highest BCUT2D eigenvalue weighted by Crippen LogP contribution is 2.23. The van der Waals surface area contributed by atoms with E-state index in [2.05, 4.69) is 11.9 Å². The smallest absolute Gasteiger partial charge is 0.254 e. The Morgan fingerprint density at radius 3 is 2.92 bits per heavy atom. The number of carbonyl (C=O) groups is 2. The maximum atomic E-state index is 12.8. The van der Waals surface area contributed by atoms with E-state index >= 15 is 0 Å². The summed E-state index contributed by atoms with van der Waals surface area (Å²) in [5.41, 5.74) is 0.642. The van der Waals surface area contributed by atoms with Crippen LogP contribution in [0.3, 0.4) is 0 Å². The van der Waals surface area contributed by atoms with Gasteiger partial charge in [-0.1, -0.05) is 12.6 Å². The van der Waals surface area contributed by atoms with Crippen LogP contribution < -0.4 is 5.32 Å². The summed E-state index contributed by atoms with van der Waals surface area (Å²) in [5.74, 6) is -0.408. The van der Waals surface area contributed by atoms with Crippen molar-refractivity contribution in [3.8, 4) is 0 Å². The molecular formula is C18H24N2O4. The van der Waals surface area contributed by atoms with Crippen molar-refractivity contribution in [2.24, 2.45) is 0 Å². The molecule has 1 aliphatic rings. The molecule has 130 valence electrons. The fourth-order valence-corrected chi connectivity index (χ4v) is 2.83. The van der Waals surface area contributed by atoms with E-state index < -0.39 is 5.60 Å². The van der Waals surface area contributed by atoms with E-state index in [0.717, 1.165) is 0 Å². The molecule has 6 heteroatoms. The summed E-state index contributed by atoms with van der Waals surface area (Å²) < 4.78 is 11.1. The van der Waals surface area contributed by atoms with Gasteiger partial charge in [-0.3, -0.25) is 9.59 Å². The molecule has 1 fully saturated rings.